The number of aliphatic carboxylic acids is 1. The molecule has 0 unspecified atom stereocenters. The number of primary amides is 1. The first-order chi connectivity index (χ1) is 12.3. The van der Waals surface area contributed by atoms with Gasteiger partial charge in [-0.3, -0.25) is 9.59 Å². The van der Waals surface area contributed by atoms with Crippen molar-refractivity contribution < 1.29 is 19.5 Å². The van der Waals surface area contributed by atoms with Gasteiger partial charge >= 0.3 is 5.97 Å². The average molecular weight is 382 g/mol. The van der Waals surface area contributed by atoms with Crippen molar-refractivity contribution in [2.24, 2.45) is 5.73 Å². The van der Waals surface area contributed by atoms with Crippen LogP contribution in [0.15, 0.2) is 6.33 Å². The van der Waals surface area contributed by atoms with E-state index in [9.17, 15) is 14.4 Å². The summed E-state index contributed by atoms with van der Waals surface area (Å²) >= 11 is 5.94. The molecule has 0 aliphatic heterocycles. The minimum atomic E-state index is -1.39. The number of nitrogens with one attached hydrogen (secondary N) is 2. The van der Waals surface area contributed by atoms with E-state index in [0.29, 0.717) is 17.0 Å². The quantitative estimate of drug-likeness (QED) is 0.440. The van der Waals surface area contributed by atoms with Gasteiger partial charge < -0.3 is 26.0 Å². The third kappa shape index (κ3) is 3.99. The zero-order chi connectivity index (χ0) is 18.8. The Morgan fingerprint density at radius 3 is 2.77 bits per heavy atom. The van der Waals surface area contributed by atoms with Crippen molar-refractivity contribution in [2.45, 2.75) is 31.3 Å². The fourth-order valence-electron chi connectivity index (χ4n) is 2.56. The molecule has 1 aliphatic carbocycles. The predicted molar refractivity (Wildman–Crippen MR) is 90.4 cm³/mol. The average Bonchev–Trinajstić information content (AvgIpc) is 3.28. The van der Waals surface area contributed by atoms with Gasteiger partial charge in [-0.05, 0) is 24.4 Å². The molecule has 12 heteroatoms. The number of imidazole rings is 1. The summed E-state index contributed by atoms with van der Waals surface area (Å²) in [6, 6.07) is -1.32. The highest BCUT2D eigenvalue weighted by molar-refractivity contribution is 6.28. The predicted octanol–water partition coefficient (Wildman–Crippen LogP) is -0.580. The number of anilines is 1. The lowest BCUT2D eigenvalue weighted by Crippen LogP contribution is -2.47. The lowest BCUT2D eigenvalue weighted by molar-refractivity contribution is -0.143. The molecule has 1 atom stereocenters. The number of carbonyl (C=O) groups excluding carboxylic acids is 2. The van der Waals surface area contributed by atoms with Crippen molar-refractivity contribution in [3.05, 3.63) is 11.6 Å². The Kier molecular flexibility index (Phi) is 4.89. The molecular weight excluding hydrogens is 366 g/mol. The van der Waals surface area contributed by atoms with E-state index in [1.54, 1.807) is 4.90 Å². The number of amides is 2. The maximum atomic E-state index is 12.3. The van der Waals surface area contributed by atoms with E-state index in [1.807, 2.05) is 0 Å². The Morgan fingerprint density at radius 2 is 2.15 bits per heavy atom. The number of hydrogen-bond donors (Lipinski definition) is 4. The molecule has 2 aromatic rings. The molecule has 0 radical (unpaired) electrons. The number of aromatic amines is 1. The number of aromatic nitrogens is 4. The molecule has 2 aromatic heterocycles. The van der Waals surface area contributed by atoms with E-state index in [4.69, 9.17) is 22.4 Å². The molecule has 1 aliphatic rings. The summed E-state index contributed by atoms with van der Waals surface area (Å²) in [5.74, 6) is -2.32. The zero-order valence-corrected chi connectivity index (χ0v) is 14.2. The third-order valence-corrected chi connectivity index (χ3v) is 4.02. The molecule has 3 rings (SSSR count). The summed E-state index contributed by atoms with van der Waals surface area (Å²) in [5.41, 5.74) is 5.91. The van der Waals surface area contributed by atoms with Crippen LogP contribution in [0.2, 0.25) is 5.28 Å². The molecular formula is C14H16ClN7O4. The molecule has 0 spiro atoms. The van der Waals surface area contributed by atoms with E-state index < -0.39 is 30.2 Å². The molecule has 0 bridgehead atoms. The molecule has 1 saturated carbocycles. The second-order valence-corrected chi connectivity index (χ2v) is 6.24. The van der Waals surface area contributed by atoms with Crippen LogP contribution in [-0.4, -0.2) is 61.5 Å². The van der Waals surface area contributed by atoms with Crippen LogP contribution in [-0.2, 0) is 14.4 Å². The molecule has 2 amide bonds. The summed E-state index contributed by atoms with van der Waals surface area (Å²) in [5, 5.41) is 11.4. The molecule has 11 nitrogen and oxygen atoms in total. The van der Waals surface area contributed by atoms with Gasteiger partial charge in [-0.2, -0.15) is 9.97 Å². The van der Waals surface area contributed by atoms with Crippen molar-refractivity contribution in [3.63, 3.8) is 0 Å². The lowest BCUT2D eigenvalue weighted by Gasteiger charge is -2.24. The smallest absolute Gasteiger partial charge is 0.326 e. The number of carboxylic acid groups (broad SMARTS) is 1. The fraction of sp³-hybridized carbons (Fsp3) is 0.429. The van der Waals surface area contributed by atoms with E-state index in [0.717, 1.165) is 12.8 Å². The van der Waals surface area contributed by atoms with E-state index in [1.165, 1.54) is 6.33 Å². The van der Waals surface area contributed by atoms with Gasteiger partial charge in [0.15, 0.2) is 11.5 Å². The first-order valence-corrected chi connectivity index (χ1v) is 8.16. The monoisotopic (exact) mass is 381 g/mol. The van der Waals surface area contributed by atoms with Crippen LogP contribution in [0.5, 0.6) is 0 Å². The van der Waals surface area contributed by atoms with Crippen LogP contribution in [0.25, 0.3) is 11.2 Å². The van der Waals surface area contributed by atoms with Crippen LogP contribution in [0.1, 0.15) is 19.3 Å². The largest absolute Gasteiger partial charge is 0.480 e. The molecule has 1 fully saturated rings. The van der Waals surface area contributed by atoms with Crippen molar-refractivity contribution in [1.29, 1.82) is 0 Å². The van der Waals surface area contributed by atoms with E-state index >= 15 is 0 Å². The topological polar surface area (TPSA) is 167 Å². The van der Waals surface area contributed by atoms with Gasteiger partial charge in [0.25, 0.3) is 0 Å². The van der Waals surface area contributed by atoms with Gasteiger partial charge in [-0.1, -0.05) is 0 Å². The first kappa shape index (κ1) is 17.9. The number of carbonyl (C=O) groups is 3. The van der Waals surface area contributed by atoms with Crippen molar-refractivity contribution in [3.8, 4) is 0 Å². The normalized spacial score (nSPS) is 14.8. The minimum Gasteiger partial charge on any atom is -0.480 e. The summed E-state index contributed by atoms with van der Waals surface area (Å²) in [7, 11) is 0. The number of rotatable bonds is 8. The number of fused-ring (bicyclic) bond motifs is 1. The summed E-state index contributed by atoms with van der Waals surface area (Å²) in [6.07, 6.45) is 2.66. The number of carboxylic acids is 1. The fourth-order valence-corrected chi connectivity index (χ4v) is 2.72. The maximum absolute atomic E-state index is 12.3. The molecule has 2 heterocycles. The van der Waals surface area contributed by atoms with Crippen LogP contribution < -0.4 is 16.0 Å². The molecule has 0 aromatic carbocycles. The number of hydrogen-bond acceptors (Lipinski definition) is 7. The summed E-state index contributed by atoms with van der Waals surface area (Å²) in [4.78, 5) is 51.3. The van der Waals surface area contributed by atoms with Gasteiger partial charge in [-0.25, -0.2) is 9.78 Å². The third-order valence-electron chi connectivity index (χ3n) is 3.85. The van der Waals surface area contributed by atoms with Crippen LogP contribution in [0.3, 0.4) is 0 Å². The first-order valence-electron chi connectivity index (χ1n) is 7.79. The Bertz CT molecular complexity index is 866. The molecule has 138 valence electrons. The standard InChI is InChI=1S/C14H16ClN7O4/c15-14-20-11-10(17-5-18-11)12(21-14)22(6-1-2-6)4-9(24)19-7(13(25)26)3-8(16)23/h5-7H,1-4H2,(H2,16,23)(H,19,24)(H,25,26)(H,17,18,20,21)/t7-/m0/s1. The molecule has 5 N–H and O–H groups in total. The Hall–Kier alpha value is -2.95. The second-order valence-electron chi connectivity index (χ2n) is 5.91. The van der Waals surface area contributed by atoms with Crippen LogP contribution >= 0.6 is 11.6 Å². The Labute approximate surface area is 151 Å². The number of halogens is 1. The highest BCUT2D eigenvalue weighted by Crippen LogP contribution is 2.33. The van der Waals surface area contributed by atoms with Gasteiger partial charge in [0.05, 0.1) is 19.3 Å². The van der Waals surface area contributed by atoms with Gasteiger partial charge in [-0.15, -0.1) is 0 Å². The van der Waals surface area contributed by atoms with Crippen LogP contribution in [0.4, 0.5) is 5.82 Å². The van der Waals surface area contributed by atoms with E-state index in [2.05, 4.69) is 25.3 Å². The highest BCUT2D eigenvalue weighted by atomic mass is 35.5. The van der Waals surface area contributed by atoms with Crippen LogP contribution in [0, 0.1) is 0 Å². The zero-order valence-electron chi connectivity index (χ0n) is 13.5. The number of nitrogens with two attached hydrogens (primary N) is 1. The number of nitrogens with zero attached hydrogens (tertiary/aromatic N) is 4. The molecule has 26 heavy (non-hydrogen) atoms. The Morgan fingerprint density at radius 1 is 1.42 bits per heavy atom. The van der Waals surface area contributed by atoms with Crippen molar-refractivity contribution in [1.82, 2.24) is 25.3 Å². The summed E-state index contributed by atoms with van der Waals surface area (Å²) < 4.78 is 0. The van der Waals surface area contributed by atoms with Crippen molar-refractivity contribution in [2.75, 3.05) is 11.4 Å². The van der Waals surface area contributed by atoms with Crippen molar-refractivity contribution >= 4 is 46.4 Å². The SMILES string of the molecule is NC(=O)C[C@H](NC(=O)CN(c1nc(Cl)nc2nc[nH]c12)C1CC1)C(=O)O. The maximum Gasteiger partial charge on any atom is 0.326 e. The highest BCUT2D eigenvalue weighted by Gasteiger charge is 2.34. The number of H-pyrrole nitrogens is 1. The molecule has 0 saturated heterocycles. The summed E-state index contributed by atoms with van der Waals surface area (Å²) in [6.45, 7) is -0.158. The van der Waals surface area contributed by atoms with Gasteiger partial charge in [0.2, 0.25) is 17.1 Å². The second kappa shape index (κ2) is 7.12. The van der Waals surface area contributed by atoms with E-state index in [-0.39, 0.29) is 17.9 Å². The van der Waals surface area contributed by atoms with Gasteiger partial charge in [0.1, 0.15) is 11.6 Å². The Balaban J connectivity index is 1.80. The minimum absolute atomic E-state index is 0.0113. The van der Waals surface area contributed by atoms with Gasteiger partial charge in [0, 0.05) is 6.04 Å². The lowest BCUT2D eigenvalue weighted by atomic mass is 10.2.